The number of rotatable bonds is 5. The van der Waals surface area contributed by atoms with E-state index in [1.165, 1.54) is 11.3 Å². The Balaban J connectivity index is 1.72. The van der Waals surface area contributed by atoms with Crippen LogP contribution in [-0.4, -0.2) is 39.4 Å². The van der Waals surface area contributed by atoms with Crippen molar-refractivity contribution in [1.82, 2.24) is 5.32 Å². The van der Waals surface area contributed by atoms with Gasteiger partial charge in [-0.05, 0) is 37.5 Å². The summed E-state index contributed by atoms with van der Waals surface area (Å²) in [5, 5.41) is 3.62. The molecule has 1 aliphatic heterocycles. The van der Waals surface area contributed by atoms with Gasteiger partial charge in [-0.25, -0.2) is 0 Å². The molecule has 0 unspecified atom stereocenters. The Bertz CT molecular complexity index is 361. The largest absolute Gasteiger partial charge is 0.381 e. The van der Waals surface area contributed by atoms with Crippen LogP contribution in [0.3, 0.4) is 0 Å². The van der Waals surface area contributed by atoms with Crippen molar-refractivity contribution in [1.29, 1.82) is 0 Å². The van der Waals surface area contributed by atoms with Gasteiger partial charge in [0.25, 0.3) is 0 Å². The molecule has 3 heteroatoms. The zero-order valence-electron chi connectivity index (χ0n) is 11.5. The molecule has 0 aromatic heterocycles. The van der Waals surface area contributed by atoms with E-state index in [0.29, 0.717) is 6.04 Å². The van der Waals surface area contributed by atoms with Crippen molar-refractivity contribution in [2.75, 3.05) is 38.3 Å². The SMILES string of the molecule is Cc1cccc(N(C)CCNC2CCOCC2)c1. The Morgan fingerprint density at radius 1 is 1.33 bits per heavy atom. The van der Waals surface area contributed by atoms with Gasteiger partial charge >= 0.3 is 0 Å². The van der Waals surface area contributed by atoms with Crippen LogP contribution in [0.1, 0.15) is 18.4 Å². The number of hydrogen-bond donors (Lipinski definition) is 1. The maximum Gasteiger partial charge on any atom is 0.0480 e. The fourth-order valence-electron chi connectivity index (χ4n) is 2.33. The van der Waals surface area contributed by atoms with E-state index in [9.17, 15) is 0 Å². The quantitative estimate of drug-likeness (QED) is 0.864. The number of likely N-dealkylation sites (N-methyl/N-ethyl adjacent to an activating group) is 1. The lowest BCUT2D eigenvalue weighted by Gasteiger charge is -2.25. The summed E-state index contributed by atoms with van der Waals surface area (Å²) in [5.41, 5.74) is 2.61. The van der Waals surface area contributed by atoms with Crippen LogP contribution in [0, 0.1) is 6.92 Å². The Kier molecular flexibility index (Phi) is 5.02. The molecule has 0 amide bonds. The van der Waals surface area contributed by atoms with Crippen molar-refractivity contribution >= 4 is 5.69 Å². The normalized spacial score (nSPS) is 16.8. The molecule has 2 rings (SSSR count). The number of aryl methyl sites for hydroxylation is 1. The summed E-state index contributed by atoms with van der Waals surface area (Å²) in [4.78, 5) is 2.30. The number of nitrogens with one attached hydrogen (secondary N) is 1. The van der Waals surface area contributed by atoms with Crippen LogP contribution in [0.15, 0.2) is 24.3 Å². The summed E-state index contributed by atoms with van der Waals surface area (Å²) in [5.74, 6) is 0. The van der Waals surface area contributed by atoms with E-state index in [-0.39, 0.29) is 0 Å². The van der Waals surface area contributed by atoms with Crippen molar-refractivity contribution in [3.8, 4) is 0 Å². The van der Waals surface area contributed by atoms with E-state index in [1.54, 1.807) is 0 Å². The molecule has 1 saturated heterocycles. The van der Waals surface area contributed by atoms with E-state index in [4.69, 9.17) is 4.74 Å². The van der Waals surface area contributed by atoms with Crippen LogP contribution in [-0.2, 0) is 4.74 Å². The predicted molar refractivity (Wildman–Crippen MR) is 76.3 cm³/mol. The lowest BCUT2D eigenvalue weighted by molar-refractivity contribution is 0.0783. The first-order chi connectivity index (χ1) is 8.75. The van der Waals surface area contributed by atoms with Gasteiger partial charge in [0.1, 0.15) is 0 Å². The fraction of sp³-hybridized carbons (Fsp3) is 0.600. The molecule has 0 atom stereocenters. The second-order valence-corrected chi connectivity index (χ2v) is 5.10. The van der Waals surface area contributed by atoms with Crippen LogP contribution in [0.4, 0.5) is 5.69 Å². The third-order valence-corrected chi connectivity index (χ3v) is 3.54. The summed E-state index contributed by atoms with van der Waals surface area (Å²) >= 11 is 0. The number of benzene rings is 1. The summed E-state index contributed by atoms with van der Waals surface area (Å²) in [7, 11) is 2.15. The molecule has 0 radical (unpaired) electrons. The second-order valence-electron chi connectivity index (χ2n) is 5.10. The number of ether oxygens (including phenoxy) is 1. The second kappa shape index (κ2) is 6.76. The first kappa shape index (κ1) is 13.4. The van der Waals surface area contributed by atoms with Crippen LogP contribution in [0.5, 0.6) is 0 Å². The number of anilines is 1. The molecular formula is C15H24N2O. The maximum absolute atomic E-state index is 5.36. The molecule has 1 aromatic rings. The van der Waals surface area contributed by atoms with E-state index < -0.39 is 0 Å². The van der Waals surface area contributed by atoms with Crippen molar-refractivity contribution in [2.45, 2.75) is 25.8 Å². The highest BCUT2D eigenvalue weighted by Gasteiger charge is 2.12. The summed E-state index contributed by atoms with van der Waals surface area (Å²) in [6.07, 6.45) is 2.29. The number of hydrogen-bond acceptors (Lipinski definition) is 3. The molecule has 100 valence electrons. The minimum Gasteiger partial charge on any atom is -0.381 e. The first-order valence-corrected chi connectivity index (χ1v) is 6.84. The number of nitrogens with zero attached hydrogens (tertiary/aromatic N) is 1. The van der Waals surface area contributed by atoms with E-state index in [2.05, 4.69) is 48.5 Å². The zero-order chi connectivity index (χ0) is 12.8. The third-order valence-electron chi connectivity index (χ3n) is 3.54. The Labute approximate surface area is 110 Å². The molecule has 1 aromatic carbocycles. The summed E-state index contributed by atoms with van der Waals surface area (Å²) in [6, 6.07) is 9.30. The lowest BCUT2D eigenvalue weighted by Crippen LogP contribution is -2.39. The minimum absolute atomic E-state index is 0.643. The highest BCUT2D eigenvalue weighted by atomic mass is 16.5. The van der Waals surface area contributed by atoms with Crippen molar-refractivity contribution in [3.05, 3.63) is 29.8 Å². The van der Waals surface area contributed by atoms with Crippen molar-refractivity contribution in [2.24, 2.45) is 0 Å². The molecule has 0 aliphatic carbocycles. The Morgan fingerprint density at radius 3 is 2.83 bits per heavy atom. The average Bonchev–Trinajstić information content (AvgIpc) is 2.40. The molecule has 1 N–H and O–H groups in total. The molecule has 0 bridgehead atoms. The average molecular weight is 248 g/mol. The van der Waals surface area contributed by atoms with Gasteiger partial charge in [-0.15, -0.1) is 0 Å². The molecule has 1 aliphatic rings. The van der Waals surface area contributed by atoms with Gasteiger partial charge in [0, 0.05) is 45.1 Å². The van der Waals surface area contributed by atoms with E-state index in [0.717, 1.165) is 39.1 Å². The Hall–Kier alpha value is -1.06. The molecule has 3 nitrogen and oxygen atoms in total. The van der Waals surface area contributed by atoms with Crippen LogP contribution in [0.2, 0.25) is 0 Å². The van der Waals surface area contributed by atoms with Gasteiger partial charge in [0.15, 0.2) is 0 Å². The van der Waals surface area contributed by atoms with E-state index in [1.807, 2.05) is 0 Å². The van der Waals surface area contributed by atoms with Crippen molar-refractivity contribution < 1.29 is 4.74 Å². The Morgan fingerprint density at radius 2 is 2.11 bits per heavy atom. The summed E-state index contributed by atoms with van der Waals surface area (Å²) < 4.78 is 5.36. The molecular weight excluding hydrogens is 224 g/mol. The van der Waals surface area contributed by atoms with Gasteiger partial charge in [-0.1, -0.05) is 12.1 Å². The van der Waals surface area contributed by atoms with Gasteiger partial charge in [-0.2, -0.15) is 0 Å². The first-order valence-electron chi connectivity index (χ1n) is 6.84. The van der Waals surface area contributed by atoms with Crippen molar-refractivity contribution in [3.63, 3.8) is 0 Å². The molecule has 1 fully saturated rings. The van der Waals surface area contributed by atoms with Crippen LogP contribution in [0.25, 0.3) is 0 Å². The predicted octanol–water partition coefficient (Wildman–Crippen LogP) is 2.20. The van der Waals surface area contributed by atoms with Gasteiger partial charge < -0.3 is 15.0 Å². The van der Waals surface area contributed by atoms with Gasteiger partial charge in [-0.3, -0.25) is 0 Å². The van der Waals surface area contributed by atoms with E-state index >= 15 is 0 Å². The highest BCUT2D eigenvalue weighted by Crippen LogP contribution is 2.13. The molecule has 1 heterocycles. The molecule has 18 heavy (non-hydrogen) atoms. The topological polar surface area (TPSA) is 24.5 Å². The lowest BCUT2D eigenvalue weighted by atomic mass is 10.1. The molecule has 0 spiro atoms. The summed E-state index contributed by atoms with van der Waals surface area (Å²) in [6.45, 7) is 6.03. The van der Waals surface area contributed by atoms with Gasteiger partial charge in [0.05, 0.1) is 0 Å². The third kappa shape index (κ3) is 4.00. The van der Waals surface area contributed by atoms with Crippen LogP contribution < -0.4 is 10.2 Å². The monoisotopic (exact) mass is 248 g/mol. The maximum atomic E-state index is 5.36. The fourth-order valence-corrected chi connectivity index (χ4v) is 2.33. The minimum atomic E-state index is 0.643. The van der Waals surface area contributed by atoms with Crippen LogP contribution >= 0.6 is 0 Å². The molecule has 0 saturated carbocycles. The standard InChI is InChI=1S/C15H24N2O/c1-13-4-3-5-15(12-13)17(2)9-8-16-14-6-10-18-11-7-14/h3-5,12,14,16H,6-11H2,1-2H3. The zero-order valence-corrected chi connectivity index (χ0v) is 11.5. The highest BCUT2D eigenvalue weighted by molar-refractivity contribution is 5.47. The van der Waals surface area contributed by atoms with Gasteiger partial charge in [0.2, 0.25) is 0 Å². The smallest absolute Gasteiger partial charge is 0.0480 e.